The fraction of sp³-hybridized carbons (Fsp3) is 0. The van der Waals surface area contributed by atoms with E-state index in [1.807, 2.05) is 23.8 Å². The van der Waals surface area contributed by atoms with Crippen molar-refractivity contribution in [1.82, 2.24) is 9.97 Å². The second-order valence-corrected chi connectivity index (χ2v) is 3.00. The van der Waals surface area contributed by atoms with Crippen LogP contribution in [0, 0.1) is 0 Å². The van der Waals surface area contributed by atoms with Crippen LogP contribution in [-0.2, 0) is 0 Å². The minimum absolute atomic E-state index is 0.0128. The topological polar surface area (TPSA) is 48.6 Å². The number of hydrogen-bond donors (Lipinski definition) is 2. The highest BCUT2D eigenvalue weighted by atomic mass is 32.1. The summed E-state index contributed by atoms with van der Waals surface area (Å²) in [5, 5.41) is 1.81. The van der Waals surface area contributed by atoms with Crippen LogP contribution < -0.4 is 4.87 Å². The smallest absolute Gasteiger partial charge is 0.304 e. The average molecular weight is 166 g/mol. The second kappa shape index (κ2) is 2.39. The normalized spacial score (nSPS) is 10.2. The van der Waals surface area contributed by atoms with Gasteiger partial charge in [-0.2, -0.15) is 0 Å². The molecule has 2 rings (SSSR count). The number of hydrogen-bond acceptors (Lipinski definition) is 2. The number of nitrogens with one attached hydrogen (secondary N) is 2. The van der Waals surface area contributed by atoms with Gasteiger partial charge in [0.15, 0.2) is 0 Å². The summed E-state index contributed by atoms with van der Waals surface area (Å²) in [6.45, 7) is 0. The SMILES string of the molecule is O=c1[nH]c(-c2cc[nH]c2)cs1. The van der Waals surface area contributed by atoms with Gasteiger partial charge in [0.05, 0.1) is 5.69 Å². The fourth-order valence-corrected chi connectivity index (χ4v) is 1.50. The predicted octanol–water partition coefficient (Wildman–Crippen LogP) is 1.43. The van der Waals surface area contributed by atoms with Crippen LogP contribution in [0.5, 0.6) is 0 Å². The molecule has 2 heterocycles. The maximum Gasteiger partial charge on any atom is 0.304 e. The Morgan fingerprint density at radius 1 is 1.45 bits per heavy atom. The number of aromatic amines is 2. The number of thiazole rings is 1. The molecule has 2 aromatic heterocycles. The van der Waals surface area contributed by atoms with E-state index in [2.05, 4.69) is 9.97 Å². The van der Waals surface area contributed by atoms with Crippen LogP contribution >= 0.6 is 11.3 Å². The predicted molar refractivity (Wildman–Crippen MR) is 44.7 cm³/mol. The maximum absolute atomic E-state index is 10.7. The lowest BCUT2D eigenvalue weighted by Crippen LogP contribution is -1.91. The molecule has 0 aliphatic rings. The Balaban J connectivity index is 2.53. The third kappa shape index (κ3) is 1.12. The minimum atomic E-state index is -0.0128. The summed E-state index contributed by atoms with van der Waals surface area (Å²) in [7, 11) is 0. The molecule has 11 heavy (non-hydrogen) atoms. The molecule has 0 bridgehead atoms. The van der Waals surface area contributed by atoms with Gasteiger partial charge in [-0.15, -0.1) is 0 Å². The summed E-state index contributed by atoms with van der Waals surface area (Å²) >= 11 is 1.18. The molecule has 2 N–H and O–H groups in total. The first-order valence-corrected chi connectivity index (χ1v) is 4.05. The van der Waals surface area contributed by atoms with Crippen LogP contribution in [0.25, 0.3) is 11.3 Å². The minimum Gasteiger partial charge on any atom is -0.367 e. The monoisotopic (exact) mass is 166 g/mol. The van der Waals surface area contributed by atoms with Crippen molar-refractivity contribution in [3.63, 3.8) is 0 Å². The zero-order valence-corrected chi connectivity index (χ0v) is 6.44. The van der Waals surface area contributed by atoms with Crippen molar-refractivity contribution in [3.05, 3.63) is 33.5 Å². The molecule has 3 nitrogen and oxygen atoms in total. The Labute approximate surface area is 66.7 Å². The molecule has 4 heteroatoms. The van der Waals surface area contributed by atoms with E-state index in [4.69, 9.17) is 0 Å². The molecule has 0 saturated heterocycles. The largest absolute Gasteiger partial charge is 0.367 e. The first-order valence-electron chi connectivity index (χ1n) is 3.17. The molecule has 0 aliphatic carbocycles. The van der Waals surface area contributed by atoms with Gasteiger partial charge in [0.25, 0.3) is 0 Å². The zero-order chi connectivity index (χ0) is 7.68. The second-order valence-electron chi connectivity index (χ2n) is 2.16. The van der Waals surface area contributed by atoms with E-state index in [0.29, 0.717) is 0 Å². The van der Waals surface area contributed by atoms with Gasteiger partial charge in [-0.05, 0) is 6.07 Å². The molecule has 0 spiro atoms. The Bertz CT molecular complexity index is 384. The Morgan fingerprint density at radius 2 is 2.36 bits per heavy atom. The number of rotatable bonds is 1. The highest BCUT2D eigenvalue weighted by Gasteiger charge is 1.98. The van der Waals surface area contributed by atoms with Gasteiger partial charge in [-0.25, -0.2) is 0 Å². The van der Waals surface area contributed by atoms with Gasteiger partial charge in [0, 0.05) is 23.3 Å². The molecule has 0 aliphatic heterocycles. The molecule has 56 valence electrons. The highest BCUT2D eigenvalue weighted by molar-refractivity contribution is 7.07. The van der Waals surface area contributed by atoms with E-state index < -0.39 is 0 Å². The summed E-state index contributed by atoms with van der Waals surface area (Å²) in [4.78, 5) is 16.4. The van der Waals surface area contributed by atoms with Gasteiger partial charge in [-0.3, -0.25) is 4.79 Å². The van der Waals surface area contributed by atoms with Crippen molar-refractivity contribution in [2.75, 3.05) is 0 Å². The fourth-order valence-electron chi connectivity index (χ4n) is 0.913. The van der Waals surface area contributed by atoms with E-state index in [-0.39, 0.29) is 4.87 Å². The Hall–Kier alpha value is -1.29. The van der Waals surface area contributed by atoms with Crippen molar-refractivity contribution in [2.45, 2.75) is 0 Å². The molecule has 0 amide bonds. The number of H-pyrrole nitrogens is 2. The summed E-state index contributed by atoms with van der Waals surface area (Å²) in [6, 6.07) is 1.91. The third-order valence-corrected chi connectivity index (χ3v) is 2.10. The van der Waals surface area contributed by atoms with Crippen molar-refractivity contribution in [1.29, 1.82) is 0 Å². The summed E-state index contributed by atoms with van der Waals surface area (Å²) in [6.07, 6.45) is 3.67. The van der Waals surface area contributed by atoms with Crippen LogP contribution in [-0.4, -0.2) is 9.97 Å². The first kappa shape index (κ1) is 6.42. The van der Waals surface area contributed by atoms with Crippen LogP contribution in [0.2, 0.25) is 0 Å². The first-order chi connectivity index (χ1) is 5.36. The standard InChI is InChI=1S/C7H6N2OS/c10-7-9-6(4-11-7)5-1-2-8-3-5/h1-4,8H,(H,9,10). The quantitative estimate of drug-likeness (QED) is 0.661. The van der Waals surface area contributed by atoms with Crippen molar-refractivity contribution < 1.29 is 0 Å². The third-order valence-electron chi connectivity index (χ3n) is 1.43. The van der Waals surface area contributed by atoms with E-state index >= 15 is 0 Å². The molecular formula is C7H6N2OS. The number of aromatic nitrogens is 2. The molecular weight excluding hydrogens is 160 g/mol. The van der Waals surface area contributed by atoms with Gasteiger partial charge in [0.1, 0.15) is 0 Å². The average Bonchev–Trinajstić information content (AvgIpc) is 2.55. The van der Waals surface area contributed by atoms with E-state index in [0.717, 1.165) is 11.3 Å². The molecule has 2 aromatic rings. The zero-order valence-electron chi connectivity index (χ0n) is 5.63. The summed E-state index contributed by atoms with van der Waals surface area (Å²) in [5.74, 6) is 0. The molecule has 0 atom stereocenters. The van der Waals surface area contributed by atoms with E-state index in [1.54, 1.807) is 0 Å². The van der Waals surface area contributed by atoms with Crippen molar-refractivity contribution in [3.8, 4) is 11.3 Å². The van der Waals surface area contributed by atoms with Crippen molar-refractivity contribution >= 4 is 11.3 Å². The Kier molecular flexibility index (Phi) is 1.40. The highest BCUT2D eigenvalue weighted by Crippen LogP contribution is 2.14. The lowest BCUT2D eigenvalue weighted by atomic mass is 10.3. The maximum atomic E-state index is 10.7. The van der Waals surface area contributed by atoms with Crippen LogP contribution in [0.4, 0.5) is 0 Å². The summed E-state index contributed by atoms with van der Waals surface area (Å²) < 4.78 is 0. The molecule has 0 aromatic carbocycles. The van der Waals surface area contributed by atoms with Crippen molar-refractivity contribution in [2.24, 2.45) is 0 Å². The molecule has 0 saturated carbocycles. The summed E-state index contributed by atoms with van der Waals surface area (Å²) in [5.41, 5.74) is 1.89. The molecule has 0 unspecified atom stereocenters. The Morgan fingerprint density at radius 3 is 2.91 bits per heavy atom. The van der Waals surface area contributed by atoms with E-state index in [1.165, 1.54) is 11.3 Å². The van der Waals surface area contributed by atoms with Crippen LogP contribution in [0.1, 0.15) is 0 Å². The lowest BCUT2D eigenvalue weighted by Gasteiger charge is -1.85. The van der Waals surface area contributed by atoms with E-state index in [9.17, 15) is 4.79 Å². The van der Waals surface area contributed by atoms with Gasteiger partial charge < -0.3 is 9.97 Å². The molecule has 0 fully saturated rings. The van der Waals surface area contributed by atoms with Gasteiger partial charge in [0.2, 0.25) is 0 Å². The molecule has 0 radical (unpaired) electrons. The van der Waals surface area contributed by atoms with Gasteiger partial charge in [-0.1, -0.05) is 11.3 Å². The van der Waals surface area contributed by atoms with Crippen LogP contribution in [0.3, 0.4) is 0 Å². The van der Waals surface area contributed by atoms with Crippen LogP contribution in [0.15, 0.2) is 28.6 Å². The lowest BCUT2D eigenvalue weighted by molar-refractivity contribution is 1.34. The van der Waals surface area contributed by atoms with Gasteiger partial charge >= 0.3 is 4.87 Å².